The molecule has 13 heavy (non-hydrogen) atoms. The van der Waals surface area contributed by atoms with Crippen molar-refractivity contribution in [3.8, 4) is 0 Å². The normalized spacial score (nSPS) is 47.5. The molecule has 3 aliphatic rings. The number of hydrogen-bond donors (Lipinski definition) is 0. The van der Waals surface area contributed by atoms with Gasteiger partial charge in [0.05, 0.1) is 0 Å². The molecule has 3 saturated carbocycles. The Labute approximate surface area is 83.1 Å². The molecule has 4 unspecified atom stereocenters. The first-order valence-corrected chi connectivity index (χ1v) is 5.94. The summed E-state index contributed by atoms with van der Waals surface area (Å²) in [6.45, 7) is 12.3. The Morgan fingerprint density at radius 3 is 2.08 bits per heavy atom. The van der Waals surface area contributed by atoms with Gasteiger partial charge < -0.3 is 0 Å². The summed E-state index contributed by atoms with van der Waals surface area (Å²) in [5, 5.41) is 0. The van der Waals surface area contributed by atoms with Crippen molar-refractivity contribution in [2.45, 2.75) is 47.5 Å². The van der Waals surface area contributed by atoms with Gasteiger partial charge in [-0.2, -0.15) is 0 Å². The van der Waals surface area contributed by atoms with Crippen LogP contribution in [0, 0.1) is 35.0 Å². The molecule has 4 atom stereocenters. The highest BCUT2D eigenvalue weighted by Crippen LogP contribution is 2.64. The minimum Gasteiger partial charge on any atom is -0.0625 e. The van der Waals surface area contributed by atoms with Crippen LogP contribution in [0.2, 0.25) is 0 Å². The second kappa shape index (κ2) is 2.74. The largest absolute Gasteiger partial charge is 0.0625 e. The van der Waals surface area contributed by atoms with Crippen LogP contribution < -0.4 is 0 Å². The fourth-order valence-electron chi connectivity index (χ4n) is 4.18. The molecule has 0 nitrogen and oxygen atoms in total. The Morgan fingerprint density at radius 1 is 1.08 bits per heavy atom. The zero-order valence-corrected chi connectivity index (χ0v) is 9.80. The van der Waals surface area contributed by atoms with Gasteiger partial charge in [-0.1, -0.05) is 34.6 Å². The molecule has 0 heteroatoms. The number of fused-ring (bicyclic) bond motifs is 2. The van der Waals surface area contributed by atoms with E-state index in [9.17, 15) is 0 Å². The summed E-state index contributed by atoms with van der Waals surface area (Å²) in [7, 11) is 0. The molecule has 0 radical (unpaired) electrons. The molecule has 0 N–H and O–H groups in total. The van der Waals surface area contributed by atoms with Gasteiger partial charge in [0.15, 0.2) is 0 Å². The summed E-state index contributed by atoms with van der Waals surface area (Å²) < 4.78 is 0. The van der Waals surface area contributed by atoms with Crippen molar-refractivity contribution in [1.82, 2.24) is 0 Å². The molecule has 0 aromatic heterocycles. The van der Waals surface area contributed by atoms with Gasteiger partial charge in [-0.15, -0.1) is 0 Å². The van der Waals surface area contributed by atoms with Gasteiger partial charge in [0, 0.05) is 0 Å². The van der Waals surface area contributed by atoms with Crippen molar-refractivity contribution in [1.29, 1.82) is 0 Å². The maximum absolute atomic E-state index is 2.50. The molecule has 3 fully saturated rings. The van der Waals surface area contributed by atoms with E-state index in [0.717, 1.165) is 29.6 Å². The van der Waals surface area contributed by atoms with Crippen LogP contribution in [0.3, 0.4) is 0 Å². The van der Waals surface area contributed by atoms with E-state index >= 15 is 0 Å². The van der Waals surface area contributed by atoms with Gasteiger partial charge in [0.2, 0.25) is 0 Å². The Kier molecular flexibility index (Phi) is 2.02. The molecule has 76 valence electrons. The molecule has 0 spiro atoms. The van der Waals surface area contributed by atoms with E-state index in [1.807, 2.05) is 0 Å². The molecular weight excluding hydrogens is 156 g/mol. The van der Waals surface area contributed by atoms with Gasteiger partial charge >= 0.3 is 0 Å². The third-order valence-corrected chi connectivity index (χ3v) is 5.12. The quantitative estimate of drug-likeness (QED) is 0.573. The van der Waals surface area contributed by atoms with Crippen molar-refractivity contribution in [3.63, 3.8) is 0 Å². The summed E-state index contributed by atoms with van der Waals surface area (Å²) in [6, 6.07) is 0. The van der Waals surface area contributed by atoms with Crippen LogP contribution >= 0.6 is 0 Å². The lowest BCUT2D eigenvalue weighted by Crippen LogP contribution is -2.56. The number of hydrogen-bond acceptors (Lipinski definition) is 0. The van der Waals surface area contributed by atoms with E-state index in [-0.39, 0.29) is 0 Å². The molecule has 0 heterocycles. The Balaban J connectivity index is 2.17. The summed E-state index contributed by atoms with van der Waals surface area (Å²) in [5.41, 5.74) is 0.659. The van der Waals surface area contributed by atoms with E-state index in [0.29, 0.717) is 5.41 Å². The highest BCUT2D eigenvalue weighted by Gasteiger charge is 2.57. The Bertz CT molecular complexity index is 202. The summed E-state index contributed by atoms with van der Waals surface area (Å²) in [4.78, 5) is 0. The summed E-state index contributed by atoms with van der Waals surface area (Å²) in [6.07, 6.45) is 3.02. The van der Waals surface area contributed by atoms with E-state index < -0.39 is 0 Å². The van der Waals surface area contributed by atoms with Crippen LogP contribution in [0.25, 0.3) is 0 Å². The minimum absolute atomic E-state index is 0.659. The fraction of sp³-hybridized carbons (Fsp3) is 1.00. The lowest BCUT2D eigenvalue weighted by molar-refractivity contribution is -0.148. The smallest absolute Gasteiger partial charge is 0.0292 e. The molecule has 0 saturated heterocycles. The summed E-state index contributed by atoms with van der Waals surface area (Å²) in [5.74, 6) is 4.96. The van der Waals surface area contributed by atoms with Crippen molar-refractivity contribution >= 4 is 0 Å². The fourth-order valence-corrected chi connectivity index (χ4v) is 4.18. The van der Waals surface area contributed by atoms with Crippen molar-refractivity contribution in [2.24, 2.45) is 35.0 Å². The maximum Gasteiger partial charge on any atom is -0.0292 e. The molecule has 2 bridgehead atoms. The van der Waals surface area contributed by atoms with E-state index in [4.69, 9.17) is 0 Å². The minimum atomic E-state index is 0.659. The molecule has 0 aromatic rings. The third kappa shape index (κ3) is 1.17. The lowest BCUT2D eigenvalue weighted by atomic mass is 9.41. The lowest BCUT2D eigenvalue weighted by Gasteiger charge is -2.63. The van der Waals surface area contributed by atoms with Gasteiger partial charge in [-0.25, -0.2) is 0 Å². The van der Waals surface area contributed by atoms with Gasteiger partial charge in [0.1, 0.15) is 0 Å². The van der Waals surface area contributed by atoms with E-state index in [1.165, 1.54) is 12.8 Å². The van der Waals surface area contributed by atoms with Gasteiger partial charge in [-0.05, 0) is 47.8 Å². The monoisotopic (exact) mass is 180 g/mol. The zero-order valence-electron chi connectivity index (χ0n) is 9.80. The molecule has 3 aliphatic carbocycles. The van der Waals surface area contributed by atoms with Gasteiger partial charge in [-0.3, -0.25) is 0 Å². The molecule has 3 rings (SSSR count). The molecular formula is C13H24. The second-order valence-corrected chi connectivity index (χ2v) is 6.39. The van der Waals surface area contributed by atoms with Crippen LogP contribution in [0.5, 0.6) is 0 Å². The predicted molar refractivity (Wildman–Crippen MR) is 57.5 cm³/mol. The SMILES string of the molecule is CC(C)C1CC(C)C2CC1C2(C)C. The topological polar surface area (TPSA) is 0 Å². The zero-order chi connectivity index (χ0) is 9.80. The first kappa shape index (κ1) is 9.55. The average molecular weight is 180 g/mol. The highest BCUT2D eigenvalue weighted by atomic mass is 14.6. The first-order chi connectivity index (χ1) is 5.94. The average Bonchev–Trinajstić information content (AvgIpc) is 2.02. The molecule has 0 amide bonds. The molecule has 0 aliphatic heterocycles. The van der Waals surface area contributed by atoms with Crippen LogP contribution in [-0.2, 0) is 0 Å². The summed E-state index contributed by atoms with van der Waals surface area (Å²) >= 11 is 0. The number of rotatable bonds is 1. The van der Waals surface area contributed by atoms with Crippen molar-refractivity contribution in [2.75, 3.05) is 0 Å². The van der Waals surface area contributed by atoms with Crippen LogP contribution in [-0.4, -0.2) is 0 Å². The van der Waals surface area contributed by atoms with Crippen LogP contribution in [0.4, 0.5) is 0 Å². The van der Waals surface area contributed by atoms with Crippen LogP contribution in [0.1, 0.15) is 47.5 Å². The van der Waals surface area contributed by atoms with Crippen molar-refractivity contribution in [3.05, 3.63) is 0 Å². The van der Waals surface area contributed by atoms with Gasteiger partial charge in [0.25, 0.3) is 0 Å². The van der Waals surface area contributed by atoms with E-state index in [2.05, 4.69) is 34.6 Å². The second-order valence-electron chi connectivity index (χ2n) is 6.39. The maximum atomic E-state index is 2.50. The van der Waals surface area contributed by atoms with E-state index in [1.54, 1.807) is 0 Å². The Morgan fingerprint density at radius 2 is 1.69 bits per heavy atom. The first-order valence-electron chi connectivity index (χ1n) is 5.94. The standard InChI is InChI=1S/C13H24/c1-8(2)10-6-9(3)11-7-12(10)13(11,4)5/h8-12H,6-7H2,1-5H3. The predicted octanol–water partition coefficient (Wildman–Crippen LogP) is 3.96. The Hall–Kier alpha value is 0. The molecule has 0 aromatic carbocycles. The third-order valence-electron chi connectivity index (χ3n) is 5.12. The highest BCUT2D eigenvalue weighted by molar-refractivity contribution is 5.06. The van der Waals surface area contributed by atoms with Crippen molar-refractivity contribution < 1.29 is 0 Å². The van der Waals surface area contributed by atoms with Crippen LogP contribution in [0.15, 0.2) is 0 Å².